The highest BCUT2D eigenvalue weighted by Crippen LogP contribution is 2.20. The Balaban J connectivity index is 2.48. The quantitative estimate of drug-likeness (QED) is 0.806. The largest absolute Gasteiger partial charge is 0.481 e. The van der Waals surface area contributed by atoms with Gasteiger partial charge in [0.1, 0.15) is 0 Å². The first-order valence-electron chi connectivity index (χ1n) is 5.82. The van der Waals surface area contributed by atoms with E-state index in [2.05, 4.69) is 18.8 Å². The highest BCUT2D eigenvalue weighted by molar-refractivity contribution is 5.17. The van der Waals surface area contributed by atoms with E-state index in [0.717, 1.165) is 19.3 Å². The molecule has 0 aromatic carbocycles. The fourth-order valence-corrected chi connectivity index (χ4v) is 1.60. The molecule has 3 nitrogen and oxygen atoms in total. The number of aliphatic hydroxyl groups is 1. The first-order chi connectivity index (χ1) is 7.63. The summed E-state index contributed by atoms with van der Waals surface area (Å²) in [5.74, 6) is 1.24. The summed E-state index contributed by atoms with van der Waals surface area (Å²) in [6.45, 7) is 4.38. The van der Waals surface area contributed by atoms with Crippen molar-refractivity contribution in [2.24, 2.45) is 5.92 Å². The van der Waals surface area contributed by atoms with E-state index in [1.165, 1.54) is 0 Å². The Hall–Kier alpha value is -1.09. The number of pyridine rings is 1. The van der Waals surface area contributed by atoms with E-state index in [1.807, 2.05) is 12.1 Å². The lowest BCUT2D eigenvalue weighted by molar-refractivity contribution is 0.156. The molecule has 16 heavy (non-hydrogen) atoms. The fourth-order valence-electron chi connectivity index (χ4n) is 1.60. The third kappa shape index (κ3) is 4.19. The van der Waals surface area contributed by atoms with E-state index < -0.39 is 6.10 Å². The van der Waals surface area contributed by atoms with Gasteiger partial charge in [0.25, 0.3) is 0 Å². The standard InChI is InChI=1S/C13H21NO2/c1-10(2)6-4-8-12(15)11-7-5-9-13(14-11)16-3/h5,7,9-10,12,15H,4,6,8H2,1-3H3. The Bertz CT molecular complexity index is 313. The Labute approximate surface area is 97.5 Å². The molecule has 0 amide bonds. The van der Waals surface area contributed by atoms with Crippen LogP contribution in [0.15, 0.2) is 18.2 Å². The molecule has 3 heteroatoms. The third-order valence-corrected chi connectivity index (χ3v) is 2.55. The minimum atomic E-state index is -0.478. The van der Waals surface area contributed by atoms with E-state index >= 15 is 0 Å². The molecule has 0 radical (unpaired) electrons. The summed E-state index contributed by atoms with van der Waals surface area (Å²) in [6.07, 6.45) is 2.45. The fraction of sp³-hybridized carbons (Fsp3) is 0.615. The van der Waals surface area contributed by atoms with E-state index in [0.29, 0.717) is 17.5 Å². The third-order valence-electron chi connectivity index (χ3n) is 2.55. The van der Waals surface area contributed by atoms with Crippen LogP contribution in [-0.2, 0) is 0 Å². The summed E-state index contributed by atoms with van der Waals surface area (Å²) >= 11 is 0. The van der Waals surface area contributed by atoms with Crippen LogP contribution >= 0.6 is 0 Å². The van der Waals surface area contributed by atoms with Gasteiger partial charge in [0.2, 0.25) is 5.88 Å². The van der Waals surface area contributed by atoms with Gasteiger partial charge in [0.05, 0.1) is 18.9 Å². The zero-order chi connectivity index (χ0) is 12.0. The van der Waals surface area contributed by atoms with Crippen molar-refractivity contribution < 1.29 is 9.84 Å². The van der Waals surface area contributed by atoms with Gasteiger partial charge in [-0.3, -0.25) is 0 Å². The molecule has 90 valence electrons. The van der Waals surface area contributed by atoms with Gasteiger partial charge < -0.3 is 9.84 Å². The van der Waals surface area contributed by atoms with Gasteiger partial charge in [-0.1, -0.05) is 32.8 Å². The Morgan fingerprint density at radius 2 is 2.06 bits per heavy atom. The summed E-state index contributed by atoms with van der Waals surface area (Å²) in [6, 6.07) is 5.47. The van der Waals surface area contributed by atoms with Crippen molar-refractivity contribution in [1.82, 2.24) is 4.98 Å². The zero-order valence-electron chi connectivity index (χ0n) is 10.3. The molecule has 1 aromatic heterocycles. The SMILES string of the molecule is COc1cccc(C(O)CCCC(C)C)n1. The van der Waals surface area contributed by atoms with Crippen LogP contribution in [0.3, 0.4) is 0 Å². The second-order valence-electron chi connectivity index (χ2n) is 4.45. The van der Waals surface area contributed by atoms with Gasteiger partial charge in [0, 0.05) is 6.07 Å². The second kappa shape index (κ2) is 6.48. The molecular weight excluding hydrogens is 202 g/mol. The molecule has 1 atom stereocenters. The molecule has 0 aliphatic rings. The molecule has 1 unspecified atom stereocenters. The molecule has 0 spiro atoms. The topological polar surface area (TPSA) is 42.4 Å². The summed E-state index contributed by atoms with van der Waals surface area (Å²) in [5.41, 5.74) is 0.697. The van der Waals surface area contributed by atoms with Crippen LogP contribution in [0, 0.1) is 5.92 Å². The maximum Gasteiger partial charge on any atom is 0.213 e. The van der Waals surface area contributed by atoms with E-state index in [1.54, 1.807) is 13.2 Å². The molecule has 1 N–H and O–H groups in total. The predicted octanol–water partition coefficient (Wildman–Crippen LogP) is 2.95. The smallest absolute Gasteiger partial charge is 0.213 e. The molecule has 0 aliphatic carbocycles. The number of aromatic nitrogens is 1. The summed E-state index contributed by atoms with van der Waals surface area (Å²) in [5, 5.41) is 9.94. The molecule has 1 heterocycles. The van der Waals surface area contributed by atoms with Gasteiger partial charge in [-0.2, -0.15) is 0 Å². The zero-order valence-corrected chi connectivity index (χ0v) is 10.3. The van der Waals surface area contributed by atoms with Crippen LogP contribution in [-0.4, -0.2) is 17.2 Å². The molecule has 1 aromatic rings. The average molecular weight is 223 g/mol. The van der Waals surface area contributed by atoms with Crippen molar-refractivity contribution in [3.63, 3.8) is 0 Å². The minimum Gasteiger partial charge on any atom is -0.481 e. The summed E-state index contributed by atoms with van der Waals surface area (Å²) < 4.78 is 5.03. The molecule has 0 aliphatic heterocycles. The number of aliphatic hydroxyl groups excluding tert-OH is 1. The molecule has 0 fully saturated rings. The lowest BCUT2D eigenvalue weighted by Gasteiger charge is -2.11. The molecule has 1 rings (SSSR count). The van der Waals surface area contributed by atoms with E-state index in [9.17, 15) is 5.11 Å². The number of rotatable bonds is 6. The van der Waals surface area contributed by atoms with Crippen LogP contribution in [0.2, 0.25) is 0 Å². The highest BCUT2D eigenvalue weighted by atomic mass is 16.5. The van der Waals surface area contributed by atoms with Gasteiger partial charge in [-0.05, 0) is 18.4 Å². The van der Waals surface area contributed by atoms with Crippen LogP contribution in [0.4, 0.5) is 0 Å². The van der Waals surface area contributed by atoms with Crippen molar-refractivity contribution >= 4 is 0 Å². The number of hydrogen-bond donors (Lipinski definition) is 1. The van der Waals surface area contributed by atoms with Gasteiger partial charge in [-0.25, -0.2) is 4.98 Å². The molecule has 0 saturated heterocycles. The van der Waals surface area contributed by atoms with E-state index in [4.69, 9.17) is 4.74 Å². The van der Waals surface area contributed by atoms with E-state index in [-0.39, 0.29) is 0 Å². The lowest BCUT2D eigenvalue weighted by Crippen LogP contribution is -2.02. The number of methoxy groups -OCH3 is 1. The number of hydrogen-bond acceptors (Lipinski definition) is 3. The average Bonchev–Trinajstić information content (AvgIpc) is 2.28. The van der Waals surface area contributed by atoms with Gasteiger partial charge in [-0.15, -0.1) is 0 Å². The predicted molar refractivity (Wildman–Crippen MR) is 64.4 cm³/mol. The highest BCUT2D eigenvalue weighted by Gasteiger charge is 2.09. The molecule has 0 saturated carbocycles. The lowest BCUT2D eigenvalue weighted by atomic mass is 10.0. The second-order valence-corrected chi connectivity index (χ2v) is 4.45. The Morgan fingerprint density at radius 3 is 2.69 bits per heavy atom. The van der Waals surface area contributed by atoms with Crippen molar-refractivity contribution in [3.05, 3.63) is 23.9 Å². The first-order valence-corrected chi connectivity index (χ1v) is 5.82. The van der Waals surface area contributed by atoms with Crippen LogP contribution in [0.5, 0.6) is 5.88 Å². The molecule has 0 bridgehead atoms. The van der Waals surface area contributed by atoms with Crippen molar-refractivity contribution in [1.29, 1.82) is 0 Å². The normalized spacial score (nSPS) is 12.8. The van der Waals surface area contributed by atoms with Crippen LogP contribution < -0.4 is 4.74 Å². The van der Waals surface area contributed by atoms with Gasteiger partial charge >= 0.3 is 0 Å². The molecular formula is C13H21NO2. The summed E-state index contributed by atoms with van der Waals surface area (Å²) in [7, 11) is 1.58. The summed E-state index contributed by atoms with van der Waals surface area (Å²) in [4.78, 5) is 4.22. The minimum absolute atomic E-state index is 0.478. The maximum atomic E-state index is 9.94. The van der Waals surface area contributed by atoms with Crippen LogP contribution in [0.1, 0.15) is 44.9 Å². The van der Waals surface area contributed by atoms with Crippen molar-refractivity contribution in [3.8, 4) is 5.88 Å². The number of ether oxygens (including phenoxy) is 1. The Kier molecular flexibility index (Phi) is 5.26. The maximum absolute atomic E-state index is 9.94. The van der Waals surface area contributed by atoms with Gasteiger partial charge in [0.15, 0.2) is 0 Å². The van der Waals surface area contributed by atoms with Crippen molar-refractivity contribution in [2.45, 2.75) is 39.2 Å². The number of nitrogens with zero attached hydrogens (tertiary/aromatic N) is 1. The first kappa shape index (κ1) is 13.0. The monoisotopic (exact) mass is 223 g/mol. The van der Waals surface area contributed by atoms with Crippen LogP contribution in [0.25, 0.3) is 0 Å². The Morgan fingerprint density at radius 1 is 1.31 bits per heavy atom. The van der Waals surface area contributed by atoms with Crippen molar-refractivity contribution in [2.75, 3.05) is 7.11 Å².